The molecule has 3 heterocycles. The minimum absolute atomic E-state index is 0.279. The van der Waals surface area contributed by atoms with Crippen LogP contribution in [0, 0.1) is 11.8 Å². The van der Waals surface area contributed by atoms with E-state index in [1.54, 1.807) is 12.3 Å². The van der Waals surface area contributed by atoms with Crippen LogP contribution in [0.3, 0.4) is 0 Å². The molecule has 138 valence electrons. The maximum Gasteiger partial charge on any atom is 0.222 e. The monoisotopic (exact) mass is 384 g/mol. The standard InChI is InChI=1S/C18H26Cl2N4O/c1-13(14-2-4-21-5-3-14)10-17(25)23-6-8-24(9-7-23)18-16(20)11-15(19)12-22-18/h11-14,21H,2-10H2,1H3. The number of amides is 1. The van der Waals surface area contributed by atoms with Crippen LogP contribution in [-0.4, -0.2) is 55.1 Å². The summed E-state index contributed by atoms with van der Waals surface area (Å²) in [6, 6.07) is 1.71. The van der Waals surface area contributed by atoms with E-state index in [-0.39, 0.29) is 5.91 Å². The topological polar surface area (TPSA) is 48.5 Å². The maximum atomic E-state index is 12.6. The number of piperidine rings is 1. The normalized spacial score (nSPS) is 20.6. The van der Waals surface area contributed by atoms with E-state index >= 15 is 0 Å². The van der Waals surface area contributed by atoms with E-state index in [1.807, 2.05) is 4.90 Å². The van der Waals surface area contributed by atoms with Gasteiger partial charge in [0.1, 0.15) is 5.82 Å². The van der Waals surface area contributed by atoms with Gasteiger partial charge in [-0.25, -0.2) is 4.98 Å². The first kappa shape index (κ1) is 18.7. The lowest BCUT2D eigenvalue weighted by Gasteiger charge is -2.37. The molecular formula is C18H26Cl2N4O. The van der Waals surface area contributed by atoms with Crippen molar-refractivity contribution in [1.29, 1.82) is 0 Å². The summed E-state index contributed by atoms with van der Waals surface area (Å²) in [6.45, 7) is 7.33. The number of pyridine rings is 1. The molecule has 1 atom stereocenters. The number of aromatic nitrogens is 1. The molecule has 2 fully saturated rings. The second-order valence-electron chi connectivity index (χ2n) is 7.10. The van der Waals surface area contributed by atoms with Crippen LogP contribution in [0.4, 0.5) is 5.82 Å². The van der Waals surface area contributed by atoms with Gasteiger partial charge in [-0.05, 0) is 43.8 Å². The van der Waals surface area contributed by atoms with Crippen LogP contribution in [0.2, 0.25) is 10.0 Å². The molecule has 5 nitrogen and oxygen atoms in total. The first-order valence-electron chi connectivity index (χ1n) is 9.09. The van der Waals surface area contributed by atoms with Crippen molar-refractivity contribution >= 4 is 34.9 Å². The van der Waals surface area contributed by atoms with Gasteiger partial charge in [-0.15, -0.1) is 0 Å². The molecule has 1 N–H and O–H groups in total. The largest absolute Gasteiger partial charge is 0.352 e. The van der Waals surface area contributed by atoms with Crippen molar-refractivity contribution in [3.63, 3.8) is 0 Å². The Morgan fingerprint density at radius 2 is 1.96 bits per heavy atom. The van der Waals surface area contributed by atoms with Gasteiger partial charge in [0, 0.05) is 38.8 Å². The van der Waals surface area contributed by atoms with Gasteiger partial charge in [-0.1, -0.05) is 30.1 Å². The number of nitrogens with one attached hydrogen (secondary N) is 1. The number of rotatable bonds is 4. The Morgan fingerprint density at radius 1 is 1.28 bits per heavy atom. The van der Waals surface area contributed by atoms with Crippen molar-refractivity contribution in [1.82, 2.24) is 15.2 Å². The Hall–Kier alpha value is -1.04. The summed E-state index contributed by atoms with van der Waals surface area (Å²) in [4.78, 5) is 21.1. The Kier molecular flexibility index (Phi) is 6.42. The minimum atomic E-state index is 0.279. The van der Waals surface area contributed by atoms with Crippen LogP contribution < -0.4 is 10.2 Å². The van der Waals surface area contributed by atoms with Crippen LogP contribution in [-0.2, 0) is 4.79 Å². The molecule has 1 amide bonds. The fraction of sp³-hybridized carbons (Fsp3) is 0.667. The van der Waals surface area contributed by atoms with Crippen LogP contribution >= 0.6 is 23.2 Å². The van der Waals surface area contributed by atoms with Gasteiger partial charge in [-0.3, -0.25) is 4.79 Å². The summed E-state index contributed by atoms with van der Waals surface area (Å²) >= 11 is 12.2. The number of hydrogen-bond donors (Lipinski definition) is 1. The molecule has 0 aromatic carbocycles. The van der Waals surface area contributed by atoms with E-state index in [4.69, 9.17) is 23.2 Å². The van der Waals surface area contributed by atoms with E-state index in [0.29, 0.717) is 28.3 Å². The summed E-state index contributed by atoms with van der Waals surface area (Å²) in [5.74, 6) is 2.16. The summed E-state index contributed by atoms with van der Waals surface area (Å²) < 4.78 is 0. The molecule has 0 aliphatic carbocycles. The van der Waals surface area contributed by atoms with Gasteiger partial charge in [0.25, 0.3) is 0 Å². The second-order valence-corrected chi connectivity index (χ2v) is 7.94. The third kappa shape index (κ3) is 4.78. The molecule has 2 saturated heterocycles. The highest BCUT2D eigenvalue weighted by atomic mass is 35.5. The number of carbonyl (C=O) groups is 1. The lowest BCUT2D eigenvalue weighted by atomic mass is 9.84. The van der Waals surface area contributed by atoms with Crippen LogP contribution in [0.1, 0.15) is 26.2 Å². The zero-order chi connectivity index (χ0) is 17.8. The molecule has 0 spiro atoms. The Balaban J connectivity index is 1.50. The number of piperazine rings is 1. The minimum Gasteiger partial charge on any atom is -0.352 e. The molecule has 25 heavy (non-hydrogen) atoms. The van der Waals surface area contributed by atoms with Gasteiger partial charge in [0.15, 0.2) is 0 Å². The summed E-state index contributed by atoms with van der Waals surface area (Å²) in [7, 11) is 0. The van der Waals surface area contributed by atoms with Crippen molar-refractivity contribution < 1.29 is 4.79 Å². The summed E-state index contributed by atoms with van der Waals surface area (Å²) in [5, 5.41) is 4.49. The van der Waals surface area contributed by atoms with Gasteiger partial charge in [0.2, 0.25) is 5.91 Å². The first-order chi connectivity index (χ1) is 12.0. The van der Waals surface area contributed by atoms with Crippen molar-refractivity contribution in [3.05, 3.63) is 22.3 Å². The highest BCUT2D eigenvalue weighted by Gasteiger charge is 2.27. The van der Waals surface area contributed by atoms with Gasteiger partial charge in [0.05, 0.1) is 10.0 Å². The molecule has 0 radical (unpaired) electrons. The highest BCUT2D eigenvalue weighted by molar-refractivity contribution is 6.36. The molecule has 7 heteroatoms. The quantitative estimate of drug-likeness (QED) is 0.866. The Labute approximate surface area is 159 Å². The lowest BCUT2D eigenvalue weighted by Crippen LogP contribution is -2.49. The van der Waals surface area contributed by atoms with Gasteiger partial charge in [-0.2, -0.15) is 0 Å². The number of nitrogens with zero attached hydrogens (tertiary/aromatic N) is 3. The number of halogens is 2. The van der Waals surface area contributed by atoms with E-state index < -0.39 is 0 Å². The van der Waals surface area contributed by atoms with Crippen LogP contribution in [0.5, 0.6) is 0 Å². The number of carbonyl (C=O) groups excluding carboxylic acids is 1. The second kappa shape index (κ2) is 8.56. The van der Waals surface area contributed by atoms with Crippen molar-refractivity contribution in [2.75, 3.05) is 44.2 Å². The summed E-state index contributed by atoms with van der Waals surface area (Å²) in [6.07, 6.45) is 4.64. The molecule has 0 bridgehead atoms. The smallest absolute Gasteiger partial charge is 0.222 e. The first-order valence-corrected chi connectivity index (χ1v) is 9.84. The predicted molar refractivity (Wildman–Crippen MR) is 102 cm³/mol. The average molecular weight is 385 g/mol. The molecular weight excluding hydrogens is 359 g/mol. The highest BCUT2D eigenvalue weighted by Crippen LogP contribution is 2.28. The Bertz CT molecular complexity index is 599. The van der Waals surface area contributed by atoms with E-state index in [9.17, 15) is 4.79 Å². The molecule has 0 saturated carbocycles. The van der Waals surface area contributed by atoms with Gasteiger partial charge < -0.3 is 15.1 Å². The zero-order valence-corrected chi connectivity index (χ0v) is 16.2. The van der Waals surface area contributed by atoms with Crippen molar-refractivity contribution in [2.24, 2.45) is 11.8 Å². The number of hydrogen-bond acceptors (Lipinski definition) is 4. The molecule has 3 rings (SSSR count). The third-order valence-electron chi connectivity index (χ3n) is 5.41. The predicted octanol–water partition coefficient (Wildman–Crippen LogP) is 3.06. The molecule has 2 aliphatic rings. The zero-order valence-electron chi connectivity index (χ0n) is 14.7. The average Bonchev–Trinajstić information content (AvgIpc) is 2.62. The van der Waals surface area contributed by atoms with Crippen LogP contribution in [0.25, 0.3) is 0 Å². The SMILES string of the molecule is CC(CC(=O)N1CCN(c2ncc(Cl)cc2Cl)CC1)C1CCNCC1. The molecule has 1 aromatic heterocycles. The van der Waals surface area contributed by atoms with Crippen LogP contribution in [0.15, 0.2) is 12.3 Å². The van der Waals surface area contributed by atoms with E-state index in [0.717, 1.165) is 45.1 Å². The third-order valence-corrected chi connectivity index (χ3v) is 5.89. The van der Waals surface area contributed by atoms with Crippen molar-refractivity contribution in [2.45, 2.75) is 26.2 Å². The Morgan fingerprint density at radius 3 is 2.60 bits per heavy atom. The number of anilines is 1. The van der Waals surface area contributed by atoms with E-state index in [1.165, 1.54) is 12.8 Å². The molecule has 2 aliphatic heterocycles. The fourth-order valence-electron chi connectivity index (χ4n) is 3.79. The fourth-order valence-corrected chi connectivity index (χ4v) is 4.29. The summed E-state index contributed by atoms with van der Waals surface area (Å²) in [5.41, 5.74) is 0. The maximum absolute atomic E-state index is 12.6. The van der Waals surface area contributed by atoms with Crippen molar-refractivity contribution in [3.8, 4) is 0 Å². The molecule has 1 unspecified atom stereocenters. The van der Waals surface area contributed by atoms with E-state index in [2.05, 4.69) is 22.1 Å². The van der Waals surface area contributed by atoms with Gasteiger partial charge >= 0.3 is 0 Å². The molecule has 1 aromatic rings. The lowest BCUT2D eigenvalue weighted by molar-refractivity contribution is -0.132.